The van der Waals surface area contributed by atoms with E-state index in [1.165, 1.54) is 6.07 Å². The third-order valence-electron chi connectivity index (χ3n) is 4.11. The molecule has 0 radical (unpaired) electrons. The summed E-state index contributed by atoms with van der Waals surface area (Å²) in [6.45, 7) is 4.57. The molecule has 1 aromatic carbocycles. The first kappa shape index (κ1) is 17.2. The molecule has 25 heavy (non-hydrogen) atoms. The van der Waals surface area contributed by atoms with Gasteiger partial charge in [0, 0.05) is 25.0 Å². The lowest BCUT2D eigenvalue weighted by Gasteiger charge is -2.13. The molecule has 0 bridgehead atoms. The zero-order valence-electron chi connectivity index (χ0n) is 14.1. The van der Waals surface area contributed by atoms with Gasteiger partial charge in [0.2, 0.25) is 0 Å². The number of phenols is 2. The van der Waals surface area contributed by atoms with Gasteiger partial charge < -0.3 is 10.2 Å². The van der Waals surface area contributed by atoms with E-state index in [-0.39, 0.29) is 17.4 Å². The lowest BCUT2D eigenvalue weighted by molar-refractivity contribution is 0.444. The Bertz CT molecular complexity index is 932. The number of rotatable bonds is 5. The average molecular weight is 356 g/mol. The highest BCUT2D eigenvalue weighted by Gasteiger charge is 2.17. The number of aromatic nitrogens is 4. The Hall–Kier alpha value is -2.67. The van der Waals surface area contributed by atoms with Crippen molar-refractivity contribution in [3.05, 3.63) is 52.6 Å². The third kappa shape index (κ3) is 3.56. The van der Waals surface area contributed by atoms with Crippen molar-refractivity contribution in [2.45, 2.75) is 32.7 Å². The van der Waals surface area contributed by atoms with Gasteiger partial charge in [-0.05, 0) is 47.8 Å². The van der Waals surface area contributed by atoms with Crippen molar-refractivity contribution in [1.82, 2.24) is 19.7 Å². The van der Waals surface area contributed by atoms with Crippen LogP contribution in [0.25, 0.3) is 11.4 Å². The number of phenolic OH excluding ortho intramolecular Hbond substituents is 2. The standard InChI is InChI=1S/C18H20N4O2S/c1-11(2)13-8-14(16(24)9-15(13)23)17-20-21-18(25)22(17)7-5-12-4-3-6-19-10-12/h3-4,6,8-11,23-24H,5,7H2,1-2H3,(H,21,25). The number of aromatic amines is 1. The Labute approximate surface area is 150 Å². The molecule has 0 spiro atoms. The SMILES string of the molecule is CC(C)c1cc(-c2n[nH]c(=S)n2CCc2cccnc2)c(O)cc1O. The van der Waals surface area contributed by atoms with E-state index >= 15 is 0 Å². The van der Waals surface area contributed by atoms with E-state index in [0.717, 1.165) is 17.5 Å². The lowest BCUT2D eigenvalue weighted by Crippen LogP contribution is -2.04. The van der Waals surface area contributed by atoms with Crippen molar-refractivity contribution >= 4 is 12.2 Å². The molecular formula is C18H20N4O2S. The summed E-state index contributed by atoms with van der Waals surface area (Å²) < 4.78 is 2.33. The summed E-state index contributed by atoms with van der Waals surface area (Å²) in [5.74, 6) is 0.712. The van der Waals surface area contributed by atoms with Gasteiger partial charge in [0.15, 0.2) is 10.6 Å². The van der Waals surface area contributed by atoms with E-state index in [2.05, 4.69) is 15.2 Å². The molecule has 2 aromatic heterocycles. The maximum atomic E-state index is 10.3. The highest BCUT2D eigenvalue weighted by Crippen LogP contribution is 2.37. The molecule has 7 heteroatoms. The molecule has 0 aliphatic rings. The van der Waals surface area contributed by atoms with E-state index in [0.29, 0.717) is 22.7 Å². The van der Waals surface area contributed by atoms with Gasteiger partial charge in [-0.2, -0.15) is 5.10 Å². The number of pyridine rings is 1. The van der Waals surface area contributed by atoms with Crippen LogP contribution in [0.15, 0.2) is 36.7 Å². The van der Waals surface area contributed by atoms with Gasteiger partial charge in [0.25, 0.3) is 0 Å². The second kappa shape index (κ2) is 7.06. The fourth-order valence-corrected chi connectivity index (χ4v) is 2.98. The molecule has 3 aromatic rings. The van der Waals surface area contributed by atoms with E-state index in [1.807, 2.05) is 36.7 Å². The first-order valence-corrected chi connectivity index (χ1v) is 8.48. The van der Waals surface area contributed by atoms with Crippen LogP contribution in [0.1, 0.15) is 30.9 Å². The molecule has 3 rings (SSSR count). The molecule has 6 nitrogen and oxygen atoms in total. The van der Waals surface area contributed by atoms with Crippen LogP contribution in [0.3, 0.4) is 0 Å². The van der Waals surface area contributed by atoms with Gasteiger partial charge in [0.05, 0.1) is 5.56 Å². The van der Waals surface area contributed by atoms with Crippen LogP contribution in [-0.2, 0) is 13.0 Å². The van der Waals surface area contributed by atoms with Crippen molar-refractivity contribution in [2.75, 3.05) is 0 Å². The predicted octanol–water partition coefficient (Wildman–Crippen LogP) is 3.78. The Morgan fingerprint density at radius 2 is 2.04 bits per heavy atom. The first-order chi connectivity index (χ1) is 12.0. The summed E-state index contributed by atoms with van der Waals surface area (Å²) in [4.78, 5) is 4.12. The molecular weight excluding hydrogens is 336 g/mol. The van der Waals surface area contributed by atoms with Gasteiger partial charge in [0.1, 0.15) is 11.5 Å². The Kier molecular flexibility index (Phi) is 4.85. The van der Waals surface area contributed by atoms with Crippen LogP contribution in [0.4, 0.5) is 0 Å². The smallest absolute Gasteiger partial charge is 0.195 e. The highest BCUT2D eigenvalue weighted by molar-refractivity contribution is 7.71. The minimum atomic E-state index is -0.0291. The molecule has 0 unspecified atom stereocenters. The highest BCUT2D eigenvalue weighted by atomic mass is 32.1. The fraction of sp³-hybridized carbons (Fsp3) is 0.278. The first-order valence-electron chi connectivity index (χ1n) is 8.07. The van der Waals surface area contributed by atoms with Crippen LogP contribution < -0.4 is 0 Å². The lowest BCUT2D eigenvalue weighted by atomic mass is 9.98. The number of nitrogens with zero attached hydrogens (tertiary/aromatic N) is 3. The van der Waals surface area contributed by atoms with Crippen molar-refractivity contribution in [3.63, 3.8) is 0 Å². The van der Waals surface area contributed by atoms with Gasteiger partial charge in [-0.25, -0.2) is 0 Å². The monoisotopic (exact) mass is 356 g/mol. The van der Waals surface area contributed by atoms with Crippen LogP contribution >= 0.6 is 12.2 Å². The quantitative estimate of drug-likeness (QED) is 0.606. The molecule has 130 valence electrons. The van der Waals surface area contributed by atoms with Crippen LogP contribution in [0.5, 0.6) is 11.5 Å². The number of hydrogen-bond acceptors (Lipinski definition) is 5. The summed E-state index contributed by atoms with van der Waals surface area (Å²) in [7, 11) is 0. The Balaban J connectivity index is 1.99. The third-order valence-corrected chi connectivity index (χ3v) is 4.42. The summed E-state index contributed by atoms with van der Waals surface area (Å²) in [5.41, 5.74) is 2.38. The zero-order valence-corrected chi connectivity index (χ0v) is 14.9. The molecule has 0 saturated heterocycles. The number of benzene rings is 1. The van der Waals surface area contributed by atoms with E-state index in [4.69, 9.17) is 12.2 Å². The van der Waals surface area contributed by atoms with Crippen molar-refractivity contribution in [1.29, 1.82) is 0 Å². The summed E-state index contributed by atoms with van der Waals surface area (Å²) in [6, 6.07) is 7.02. The van der Waals surface area contributed by atoms with Gasteiger partial charge in [-0.3, -0.25) is 14.6 Å². The molecule has 3 N–H and O–H groups in total. The van der Waals surface area contributed by atoms with E-state index in [9.17, 15) is 10.2 Å². The van der Waals surface area contributed by atoms with Crippen LogP contribution in [0, 0.1) is 4.77 Å². The predicted molar refractivity (Wildman–Crippen MR) is 98.2 cm³/mol. The van der Waals surface area contributed by atoms with Crippen molar-refractivity contribution in [3.8, 4) is 22.9 Å². The summed E-state index contributed by atoms with van der Waals surface area (Å²) >= 11 is 5.34. The fourth-order valence-electron chi connectivity index (χ4n) is 2.75. The number of aryl methyl sites for hydroxylation is 1. The number of hydrogen-bond donors (Lipinski definition) is 3. The van der Waals surface area contributed by atoms with Crippen molar-refractivity contribution in [2.24, 2.45) is 0 Å². The largest absolute Gasteiger partial charge is 0.508 e. The van der Waals surface area contributed by atoms with Gasteiger partial charge >= 0.3 is 0 Å². The maximum Gasteiger partial charge on any atom is 0.195 e. The maximum absolute atomic E-state index is 10.3. The molecule has 0 fully saturated rings. The van der Waals surface area contributed by atoms with Gasteiger partial charge in [-0.1, -0.05) is 19.9 Å². The minimum Gasteiger partial charge on any atom is -0.508 e. The Morgan fingerprint density at radius 1 is 1.24 bits per heavy atom. The average Bonchev–Trinajstić information content (AvgIpc) is 2.94. The molecule has 2 heterocycles. The second-order valence-electron chi connectivity index (χ2n) is 6.20. The molecule has 0 aliphatic heterocycles. The van der Waals surface area contributed by atoms with E-state index < -0.39 is 0 Å². The topological polar surface area (TPSA) is 87.0 Å². The molecule has 0 amide bonds. The normalized spacial score (nSPS) is 11.2. The van der Waals surface area contributed by atoms with Crippen LogP contribution in [-0.4, -0.2) is 30.0 Å². The number of nitrogens with one attached hydrogen (secondary N) is 1. The zero-order chi connectivity index (χ0) is 18.0. The summed E-state index contributed by atoms with van der Waals surface area (Å²) in [5, 5.41) is 27.4. The molecule has 0 saturated carbocycles. The minimum absolute atomic E-state index is 0.0291. The van der Waals surface area contributed by atoms with Crippen molar-refractivity contribution < 1.29 is 10.2 Å². The van der Waals surface area contributed by atoms with Gasteiger partial charge in [-0.15, -0.1) is 0 Å². The Morgan fingerprint density at radius 3 is 2.72 bits per heavy atom. The molecule has 0 aliphatic carbocycles. The van der Waals surface area contributed by atoms with E-state index in [1.54, 1.807) is 12.3 Å². The van der Waals surface area contributed by atoms with Crippen LogP contribution in [0.2, 0.25) is 0 Å². The molecule has 0 atom stereocenters. The number of H-pyrrole nitrogens is 1. The number of aromatic hydroxyl groups is 2. The second-order valence-corrected chi connectivity index (χ2v) is 6.58. The summed E-state index contributed by atoms with van der Waals surface area (Å²) in [6.07, 6.45) is 4.29.